The van der Waals surface area contributed by atoms with Gasteiger partial charge in [-0.25, -0.2) is 0 Å². The summed E-state index contributed by atoms with van der Waals surface area (Å²) in [6.45, 7) is 6.59. The molecule has 0 atom stereocenters. The summed E-state index contributed by atoms with van der Waals surface area (Å²) in [5.41, 5.74) is 0.920. The van der Waals surface area contributed by atoms with Crippen LogP contribution >= 0.6 is 0 Å². The first-order valence-corrected chi connectivity index (χ1v) is 7.14. The fraction of sp³-hybridized carbons (Fsp3) is 0.467. The predicted molar refractivity (Wildman–Crippen MR) is 78.9 cm³/mol. The van der Waals surface area contributed by atoms with E-state index in [0.717, 1.165) is 0 Å². The summed E-state index contributed by atoms with van der Waals surface area (Å²) in [7, 11) is 1.74. The van der Waals surface area contributed by atoms with E-state index in [4.69, 9.17) is 9.78 Å². The Hall–Kier alpha value is -2.62. The van der Waals surface area contributed by atoms with Gasteiger partial charge in [0.15, 0.2) is 5.82 Å². The van der Waals surface area contributed by atoms with Crippen molar-refractivity contribution < 1.29 is 9.32 Å². The molecule has 0 aliphatic heterocycles. The van der Waals surface area contributed by atoms with Crippen LogP contribution in [-0.4, -0.2) is 32.1 Å². The standard InChI is InChI=1S/C15H19N5O2/c1-5-20(9-13-17-14(10(2)3)18-22-13)15(21)12-6-11(7-16)8-19(12)4/h6,8,10H,5,9H2,1-4H3. The summed E-state index contributed by atoms with van der Waals surface area (Å²) < 4.78 is 6.84. The van der Waals surface area contributed by atoms with Gasteiger partial charge in [0.2, 0.25) is 5.89 Å². The SMILES string of the molecule is CCN(Cc1nc(C(C)C)no1)C(=O)c1cc(C#N)cn1C. The first-order chi connectivity index (χ1) is 10.5. The van der Waals surface area contributed by atoms with Crippen LogP contribution in [0.15, 0.2) is 16.8 Å². The minimum Gasteiger partial charge on any atom is -0.345 e. The molecule has 0 saturated carbocycles. The zero-order valence-electron chi connectivity index (χ0n) is 13.2. The second-order valence-corrected chi connectivity index (χ2v) is 5.36. The molecule has 0 unspecified atom stereocenters. The summed E-state index contributed by atoms with van der Waals surface area (Å²) in [6.07, 6.45) is 1.63. The number of carbonyl (C=O) groups is 1. The molecule has 22 heavy (non-hydrogen) atoms. The maximum absolute atomic E-state index is 12.6. The molecule has 0 aliphatic carbocycles. The van der Waals surface area contributed by atoms with Gasteiger partial charge in [0.1, 0.15) is 18.3 Å². The second-order valence-electron chi connectivity index (χ2n) is 5.36. The van der Waals surface area contributed by atoms with Crippen molar-refractivity contribution in [2.24, 2.45) is 7.05 Å². The Balaban J connectivity index is 2.18. The van der Waals surface area contributed by atoms with Crippen molar-refractivity contribution in [2.75, 3.05) is 6.54 Å². The zero-order valence-corrected chi connectivity index (χ0v) is 13.2. The van der Waals surface area contributed by atoms with Crippen molar-refractivity contribution in [1.82, 2.24) is 19.6 Å². The third-order valence-electron chi connectivity index (χ3n) is 3.35. The molecule has 1 amide bonds. The van der Waals surface area contributed by atoms with E-state index in [1.54, 1.807) is 28.8 Å². The van der Waals surface area contributed by atoms with E-state index >= 15 is 0 Å². The van der Waals surface area contributed by atoms with Gasteiger partial charge in [-0.05, 0) is 13.0 Å². The van der Waals surface area contributed by atoms with Crippen LogP contribution in [0.4, 0.5) is 0 Å². The van der Waals surface area contributed by atoms with Crippen LogP contribution in [0.3, 0.4) is 0 Å². The van der Waals surface area contributed by atoms with Crippen molar-refractivity contribution in [3.63, 3.8) is 0 Å². The van der Waals surface area contributed by atoms with Gasteiger partial charge in [-0.2, -0.15) is 10.2 Å². The molecule has 0 fully saturated rings. The average molecular weight is 301 g/mol. The Kier molecular flexibility index (Phi) is 4.61. The Bertz CT molecular complexity index is 708. The number of aryl methyl sites for hydroxylation is 1. The van der Waals surface area contributed by atoms with Gasteiger partial charge in [0.25, 0.3) is 5.91 Å². The van der Waals surface area contributed by atoms with E-state index in [-0.39, 0.29) is 18.4 Å². The first-order valence-electron chi connectivity index (χ1n) is 7.14. The Morgan fingerprint density at radius 3 is 2.77 bits per heavy atom. The number of carbonyl (C=O) groups excluding carboxylic acids is 1. The first kappa shape index (κ1) is 15.8. The molecule has 0 N–H and O–H groups in total. The highest BCUT2D eigenvalue weighted by atomic mass is 16.5. The summed E-state index contributed by atoms with van der Waals surface area (Å²) in [6, 6.07) is 3.61. The zero-order chi connectivity index (χ0) is 16.3. The fourth-order valence-corrected chi connectivity index (χ4v) is 2.06. The topological polar surface area (TPSA) is 88.0 Å². The quantitative estimate of drug-likeness (QED) is 0.843. The van der Waals surface area contributed by atoms with Crippen LogP contribution in [0.5, 0.6) is 0 Å². The molecule has 2 aromatic rings. The van der Waals surface area contributed by atoms with Crippen LogP contribution in [-0.2, 0) is 13.6 Å². The molecule has 116 valence electrons. The van der Waals surface area contributed by atoms with E-state index < -0.39 is 0 Å². The van der Waals surface area contributed by atoms with E-state index in [1.807, 2.05) is 26.8 Å². The minimum absolute atomic E-state index is 0.171. The van der Waals surface area contributed by atoms with E-state index in [1.165, 1.54) is 0 Å². The molecule has 0 aliphatic rings. The molecule has 2 aromatic heterocycles. The molecular formula is C15H19N5O2. The number of hydrogen-bond acceptors (Lipinski definition) is 5. The Morgan fingerprint density at radius 2 is 2.27 bits per heavy atom. The lowest BCUT2D eigenvalue weighted by molar-refractivity contribution is 0.0725. The number of amides is 1. The number of hydrogen-bond donors (Lipinski definition) is 0. The lowest BCUT2D eigenvalue weighted by atomic mass is 10.2. The molecule has 0 saturated heterocycles. The van der Waals surface area contributed by atoms with Crippen LogP contribution in [0, 0.1) is 11.3 Å². The van der Waals surface area contributed by atoms with Gasteiger partial charge in [0, 0.05) is 25.7 Å². The van der Waals surface area contributed by atoms with Gasteiger partial charge >= 0.3 is 0 Å². The minimum atomic E-state index is -0.171. The largest absolute Gasteiger partial charge is 0.345 e. The van der Waals surface area contributed by atoms with Gasteiger partial charge in [-0.3, -0.25) is 4.79 Å². The maximum atomic E-state index is 12.6. The van der Waals surface area contributed by atoms with E-state index in [9.17, 15) is 4.79 Å². The van der Waals surface area contributed by atoms with Crippen LogP contribution < -0.4 is 0 Å². The third-order valence-corrected chi connectivity index (χ3v) is 3.35. The Morgan fingerprint density at radius 1 is 1.55 bits per heavy atom. The smallest absolute Gasteiger partial charge is 0.270 e. The summed E-state index contributed by atoms with van der Waals surface area (Å²) in [5.74, 6) is 1.04. The second kappa shape index (κ2) is 6.43. The molecular weight excluding hydrogens is 282 g/mol. The van der Waals surface area contributed by atoms with E-state index in [2.05, 4.69) is 10.1 Å². The van der Waals surface area contributed by atoms with Crippen molar-refractivity contribution in [3.8, 4) is 6.07 Å². The van der Waals surface area contributed by atoms with Crippen molar-refractivity contribution >= 4 is 5.91 Å². The molecule has 7 heteroatoms. The predicted octanol–water partition coefficient (Wildman–Crippen LogP) is 2.07. The van der Waals surface area contributed by atoms with Crippen molar-refractivity contribution in [3.05, 3.63) is 35.2 Å². The van der Waals surface area contributed by atoms with E-state index in [0.29, 0.717) is 29.5 Å². The van der Waals surface area contributed by atoms with Gasteiger partial charge < -0.3 is 14.0 Å². The number of nitriles is 1. The molecule has 2 rings (SSSR count). The molecule has 2 heterocycles. The Labute approximate surface area is 129 Å². The highest BCUT2D eigenvalue weighted by Gasteiger charge is 2.21. The number of nitrogens with zero attached hydrogens (tertiary/aromatic N) is 5. The van der Waals surface area contributed by atoms with Crippen molar-refractivity contribution in [2.45, 2.75) is 33.2 Å². The molecule has 0 radical (unpaired) electrons. The number of rotatable bonds is 5. The lowest BCUT2D eigenvalue weighted by Gasteiger charge is -2.18. The molecule has 0 bridgehead atoms. The van der Waals surface area contributed by atoms with Crippen LogP contribution in [0.2, 0.25) is 0 Å². The molecule has 0 spiro atoms. The fourth-order valence-electron chi connectivity index (χ4n) is 2.06. The highest BCUT2D eigenvalue weighted by Crippen LogP contribution is 2.14. The summed E-state index contributed by atoms with van der Waals surface area (Å²) >= 11 is 0. The summed E-state index contributed by atoms with van der Waals surface area (Å²) in [5, 5.41) is 12.8. The van der Waals surface area contributed by atoms with Gasteiger partial charge in [0.05, 0.1) is 5.56 Å². The third kappa shape index (κ3) is 3.17. The summed E-state index contributed by atoms with van der Waals surface area (Å²) in [4.78, 5) is 18.5. The molecule has 7 nitrogen and oxygen atoms in total. The van der Waals surface area contributed by atoms with Gasteiger partial charge in [-0.1, -0.05) is 19.0 Å². The average Bonchev–Trinajstić information content (AvgIpc) is 3.10. The normalized spacial score (nSPS) is 10.7. The van der Waals surface area contributed by atoms with Crippen LogP contribution in [0.1, 0.15) is 54.5 Å². The van der Waals surface area contributed by atoms with Gasteiger partial charge in [-0.15, -0.1) is 0 Å². The van der Waals surface area contributed by atoms with Crippen LogP contribution in [0.25, 0.3) is 0 Å². The monoisotopic (exact) mass is 301 g/mol. The van der Waals surface area contributed by atoms with Crippen molar-refractivity contribution in [1.29, 1.82) is 5.26 Å². The maximum Gasteiger partial charge on any atom is 0.270 e. The molecule has 0 aromatic carbocycles. The highest BCUT2D eigenvalue weighted by molar-refractivity contribution is 5.93. The lowest BCUT2D eigenvalue weighted by Crippen LogP contribution is -2.31. The number of aromatic nitrogens is 3.